The monoisotopic (exact) mass is 638 g/mol. The molecule has 2 atom stereocenters. The van der Waals surface area contributed by atoms with Gasteiger partial charge in [-0.1, -0.05) is 90.5 Å². The zero-order valence-corrected chi connectivity index (χ0v) is 28.4. The van der Waals surface area contributed by atoms with Gasteiger partial charge in [-0.25, -0.2) is 0 Å². The number of carbonyl (C=O) groups is 3. The third kappa shape index (κ3) is 10.1. The first kappa shape index (κ1) is 35.6. The van der Waals surface area contributed by atoms with Crippen LogP contribution in [0.2, 0.25) is 0 Å². The second-order valence-electron chi connectivity index (χ2n) is 13.6. The van der Waals surface area contributed by atoms with E-state index in [1.807, 2.05) is 106 Å². The Hall–Kier alpha value is -4.27. The molecule has 4 rings (SSSR count). The van der Waals surface area contributed by atoms with E-state index in [0.29, 0.717) is 38.8 Å². The maximum absolute atomic E-state index is 14.5. The number of likely N-dealkylation sites (N-methyl/N-ethyl adjacent to an activating group) is 2. The van der Waals surface area contributed by atoms with E-state index in [0.717, 1.165) is 27.8 Å². The average molecular weight is 639 g/mol. The molecule has 1 heterocycles. The Morgan fingerprint density at radius 3 is 1.91 bits per heavy atom. The van der Waals surface area contributed by atoms with Crippen LogP contribution in [0.25, 0.3) is 11.1 Å². The third-order valence-corrected chi connectivity index (χ3v) is 8.84. The van der Waals surface area contributed by atoms with Crippen molar-refractivity contribution < 1.29 is 19.5 Å². The maximum Gasteiger partial charge on any atom is 0.246 e. The highest BCUT2D eigenvalue weighted by atomic mass is 16.3. The van der Waals surface area contributed by atoms with Gasteiger partial charge in [-0.15, -0.1) is 0 Å². The highest BCUT2D eigenvalue weighted by molar-refractivity contribution is 5.95. The van der Waals surface area contributed by atoms with Gasteiger partial charge in [-0.3, -0.25) is 14.4 Å². The number of hydrogen-bond acceptors (Lipinski definition) is 5. The van der Waals surface area contributed by atoms with Crippen LogP contribution in [0, 0.1) is 0 Å². The van der Waals surface area contributed by atoms with Crippen LogP contribution >= 0.6 is 0 Å². The van der Waals surface area contributed by atoms with Crippen LogP contribution in [-0.2, 0) is 27.2 Å². The van der Waals surface area contributed by atoms with Gasteiger partial charge in [0.1, 0.15) is 12.1 Å². The van der Waals surface area contributed by atoms with Crippen molar-refractivity contribution >= 4 is 17.7 Å². The zero-order valence-electron chi connectivity index (χ0n) is 28.4. The molecule has 1 fully saturated rings. The summed E-state index contributed by atoms with van der Waals surface area (Å²) in [6.07, 6.45) is 3.28. The minimum atomic E-state index is -0.862. The topological polar surface area (TPSA) is 107 Å². The molecule has 47 heavy (non-hydrogen) atoms. The molecule has 3 amide bonds. The molecule has 0 radical (unpaired) electrons. The summed E-state index contributed by atoms with van der Waals surface area (Å²) >= 11 is 0. The molecule has 0 saturated carbocycles. The Labute approximate surface area is 279 Å². The molecule has 1 aliphatic rings. The minimum Gasteiger partial charge on any atom is -0.393 e. The number of amides is 3. The molecule has 8 nitrogen and oxygen atoms in total. The van der Waals surface area contributed by atoms with Gasteiger partial charge in [-0.2, -0.15) is 0 Å². The Kier molecular flexibility index (Phi) is 12.1. The van der Waals surface area contributed by atoms with Gasteiger partial charge in [0.2, 0.25) is 17.7 Å². The van der Waals surface area contributed by atoms with Crippen molar-refractivity contribution in [2.75, 3.05) is 27.2 Å². The molecule has 3 aromatic carbocycles. The van der Waals surface area contributed by atoms with E-state index in [4.69, 9.17) is 5.73 Å². The van der Waals surface area contributed by atoms with Crippen LogP contribution in [0.5, 0.6) is 0 Å². The van der Waals surface area contributed by atoms with Crippen LogP contribution in [-0.4, -0.2) is 88.4 Å². The van der Waals surface area contributed by atoms with Crippen molar-refractivity contribution in [3.8, 4) is 11.1 Å². The largest absolute Gasteiger partial charge is 0.393 e. The number of piperidine rings is 1. The molecule has 8 heteroatoms. The summed E-state index contributed by atoms with van der Waals surface area (Å²) in [6.45, 7) is 6.56. The molecule has 0 spiro atoms. The van der Waals surface area contributed by atoms with E-state index >= 15 is 0 Å². The normalized spacial score (nSPS) is 15.6. The number of hydrogen-bond donors (Lipinski definition) is 2. The molecule has 1 aliphatic heterocycles. The number of carbonyl (C=O) groups excluding carboxylic acids is 3. The molecule has 0 unspecified atom stereocenters. The Balaban J connectivity index is 1.65. The van der Waals surface area contributed by atoms with Gasteiger partial charge in [-0.05, 0) is 62.3 Å². The maximum atomic E-state index is 14.5. The molecule has 1 saturated heterocycles. The predicted molar refractivity (Wildman–Crippen MR) is 187 cm³/mol. The van der Waals surface area contributed by atoms with Crippen molar-refractivity contribution in [2.24, 2.45) is 5.73 Å². The fourth-order valence-corrected chi connectivity index (χ4v) is 6.23. The second kappa shape index (κ2) is 16.0. The summed E-state index contributed by atoms with van der Waals surface area (Å²) in [7, 11) is 3.31. The van der Waals surface area contributed by atoms with Gasteiger partial charge in [0.25, 0.3) is 0 Å². The van der Waals surface area contributed by atoms with Crippen LogP contribution in [0.15, 0.2) is 96.6 Å². The van der Waals surface area contributed by atoms with E-state index in [2.05, 4.69) is 0 Å². The first-order valence-electron chi connectivity index (χ1n) is 16.5. The highest BCUT2D eigenvalue weighted by Gasteiger charge is 2.37. The number of nitrogens with two attached hydrogens (primary N) is 1. The third-order valence-electron chi connectivity index (χ3n) is 8.84. The number of aliphatic hydroxyl groups is 1. The molecular formula is C39H50N4O4. The second-order valence-corrected chi connectivity index (χ2v) is 13.6. The lowest BCUT2D eigenvalue weighted by Crippen LogP contribution is -2.57. The van der Waals surface area contributed by atoms with Crippen molar-refractivity contribution in [1.82, 2.24) is 14.7 Å². The van der Waals surface area contributed by atoms with Crippen LogP contribution in [0.3, 0.4) is 0 Å². The van der Waals surface area contributed by atoms with Gasteiger partial charge in [0.05, 0.1) is 6.10 Å². The van der Waals surface area contributed by atoms with Gasteiger partial charge >= 0.3 is 0 Å². The Morgan fingerprint density at radius 2 is 1.34 bits per heavy atom. The first-order valence-corrected chi connectivity index (χ1v) is 16.5. The summed E-state index contributed by atoms with van der Waals surface area (Å²) in [5, 5.41) is 10.1. The van der Waals surface area contributed by atoms with Crippen molar-refractivity contribution in [1.29, 1.82) is 0 Å². The van der Waals surface area contributed by atoms with Crippen molar-refractivity contribution in [3.05, 3.63) is 108 Å². The van der Waals surface area contributed by atoms with E-state index in [1.54, 1.807) is 25.1 Å². The average Bonchev–Trinajstić information content (AvgIpc) is 3.05. The first-order chi connectivity index (χ1) is 22.3. The van der Waals surface area contributed by atoms with Gasteiger partial charge in [0.15, 0.2) is 0 Å². The summed E-state index contributed by atoms with van der Waals surface area (Å²) < 4.78 is 0. The predicted octanol–water partition coefficient (Wildman–Crippen LogP) is 4.85. The number of rotatable bonds is 12. The lowest BCUT2D eigenvalue weighted by atomic mass is 9.96. The number of likely N-dealkylation sites (tertiary alicyclic amines) is 1. The van der Waals surface area contributed by atoms with E-state index < -0.39 is 23.7 Å². The lowest BCUT2D eigenvalue weighted by molar-refractivity contribution is -0.150. The Bertz CT molecular complexity index is 1510. The number of nitrogens with zero attached hydrogens (tertiary/aromatic N) is 3. The van der Waals surface area contributed by atoms with Crippen LogP contribution in [0.1, 0.15) is 51.2 Å². The highest BCUT2D eigenvalue weighted by Crippen LogP contribution is 2.23. The SMILES string of the molecule is CC(=CC(=O)N(C)[C@H](Cc1ccc(-c2ccccc2)cc1)C(=O)N(C)[C@H](Cc1ccccc1)C(=O)N1CCC(O)CC1)CC(C)(C)N. The van der Waals surface area contributed by atoms with Crippen molar-refractivity contribution in [2.45, 2.75) is 76.6 Å². The summed E-state index contributed by atoms with van der Waals surface area (Å²) in [4.78, 5) is 47.0. The molecule has 0 aromatic heterocycles. The standard InChI is InChI=1S/C39H50N4O4/c1-28(27-39(2,3)40)24-36(45)41(4)34(26-30-16-18-32(19-17-30)31-14-10-7-11-15-31)37(46)42(5)35(25-29-12-8-6-9-13-29)38(47)43-22-20-33(44)21-23-43/h6-19,24,33-35,44H,20-23,25-27,40H2,1-5H3/t34-,35-/m1/s1. The van der Waals surface area contributed by atoms with Crippen LogP contribution < -0.4 is 5.73 Å². The molecular weight excluding hydrogens is 588 g/mol. The van der Waals surface area contributed by atoms with Crippen LogP contribution in [0.4, 0.5) is 0 Å². The molecule has 0 bridgehead atoms. The van der Waals surface area contributed by atoms with E-state index in [9.17, 15) is 19.5 Å². The number of benzene rings is 3. The number of aliphatic hydroxyl groups excluding tert-OH is 1. The fourth-order valence-electron chi connectivity index (χ4n) is 6.23. The van der Waals surface area contributed by atoms with E-state index in [-0.39, 0.29) is 24.1 Å². The summed E-state index contributed by atoms with van der Waals surface area (Å²) in [5.41, 5.74) is 10.5. The van der Waals surface area contributed by atoms with E-state index in [1.165, 1.54) is 9.80 Å². The molecule has 0 aliphatic carbocycles. The summed E-state index contributed by atoms with van der Waals surface area (Å²) in [5.74, 6) is -0.766. The molecule has 250 valence electrons. The smallest absolute Gasteiger partial charge is 0.246 e. The fraction of sp³-hybridized carbons (Fsp3) is 0.410. The summed E-state index contributed by atoms with van der Waals surface area (Å²) in [6, 6.07) is 26.1. The zero-order chi connectivity index (χ0) is 34.1. The Morgan fingerprint density at radius 1 is 0.830 bits per heavy atom. The quantitative estimate of drug-likeness (QED) is 0.276. The van der Waals surface area contributed by atoms with Gasteiger partial charge in [0, 0.05) is 51.6 Å². The molecule has 3 N–H and O–H groups in total. The lowest BCUT2D eigenvalue weighted by Gasteiger charge is -2.38. The minimum absolute atomic E-state index is 0.155. The van der Waals surface area contributed by atoms with Crippen molar-refractivity contribution in [3.63, 3.8) is 0 Å². The van der Waals surface area contributed by atoms with Gasteiger partial charge < -0.3 is 25.5 Å². The molecule has 3 aromatic rings.